The van der Waals surface area contributed by atoms with Crippen molar-refractivity contribution in [3.63, 3.8) is 0 Å². The molecule has 362 valence electrons. The quantitative estimate of drug-likeness (QED) is 0.134. The topological polar surface area (TPSA) is 82.3 Å². The average Bonchev–Trinajstić information content (AvgIpc) is 3.80. The zero-order chi connectivity index (χ0) is 51.3. The van der Waals surface area contributed by atoms with Gasteiger partial charge in [0.15, 0.2) is 34.9 Å². The molecule has 0 spiro atoms. The second-order valence-electron chi connectivity index (χ2n) is 17.7. The van der Waals surface area contributed by atoms with Gasteiger partial charge in [-0.1, -0.05) is 176 Å². The van der Waals surface area contributed by atoms with Crippen LogP contribution in [0.15, 0.2) is 224 Å². The van der Waals surface area contributed by atoms with E-state index in [1.165, 1.54) is 48.5 Å². The Morgan fingerprint density at radius 3 is 1.01 bits per heavy atom. The van der Waals surface area contributed by atoms with Crippen molar-refractivity contribution in [1.29, 1.82) is 0 Å². The number of aromatic nitrogens is 7. The Hall–Kier alpha value is -9.62. The van der Waals surface area contributed by atoms with Crippen LogP contribution < -0.4 is 0 Å². The summed E-state index contributed by atoms with van der Waals surface area (Å²) in [6, 6.07) is 63.2. The third kappa shape index (κ3) is 8.84. The second-order valence-corrected chi connectivity index (χ2v) is 17.7. The summed E-state index contributed by atoms with van der Waals surface area (Å²) in [6.45, 7) is 0. The van der Waals surface area contributed by atoms with Crippen LogP contribution in [-0.2, 0) is 12.4 Å². The standard InChI is InChI=1S/C62H37F6N7/c63-61(64,65)50-30-16-13-27-44(50)48-36-43(60-73-57(40-23-9-3-10-24-40)70-58(74-60)41-25-11-4-12-26-41)37-49(45-28-14-17-31-51(45)62(66,67)68)54(48)75-52-32-18-15-29-46(52)47-35-42(33-34-53(47)75)59-71-55(38-19-5-1-6-20-38)69-56(72-59)39-21-7-2-8-22-39/h1-37H. The predicted octanol–water partition coefficient (Wildman–Crippen LogP) is 16.5. The molecule has 3 aromatic heterocycles. The maximum absolute atomic E-state index is 15.5. The summed E-state index contributed by atoms with van der Waals surface area (Å²) >= 11 is 0. The maximum Gasteiger partial charge on any atom is 0.417 e. The Morgan fingerprint density at radius 2 is 0.600 bits per heavy atom. The van der Waals surface area contributed by atoms with Gasteiger partial charge in [-0.2, -0.15) is 26.3 Å². The van der Waals surface area contributed by atoms with Crippen molar-refractivity contribution >= 4 is 21.8 Å². The molecule has 3 heterocycles. The average molecular weight is 994 g/mol. The summed E-state index contributed by atoms with van der Waals surface area (Å²) in [5.74, 6) is 1.76. The number of hydrogen-bond acceptors (Lipinski definition) is 6. The minimum absolute atomic E-state index is 0.0275. The Balaban J connectivity index is 1.19. The van der Waals surface area contributed by atoms with E-state index < -0.39 is 23.5 Å². The third-order valence-electron chi connectivity index (χ3n) is 13.0. The molecule has 7 nitrogen and oxygen atoms in total. The number of para-hydroxylation sites is 1. The second kappa shape index (κ2) is 18.8. The van der Waals surface area contributed by atoms with Crippen molar-refractivity contribution in [2.24, 2.45) is 0 Å². The van der Waals surface area contributed by atoms with Gasteiger partial charge in [0.05, 0.1) is 27.8 Å². The van der Waals surface area contributed by atoms with Gasteiger partial charge in [-0.15, -0.1) is 0 Å². The highest BCUT2D eigenvalue weighted by atomic mass is 19.4. The maximum atomic E-state index is 15.5. The van der Waals surface area contributed by atoms with Crippen LogP contribution in [0.5, 0.6) is 0 Å². The van der Waals surface area contributed by atoms with Crippen LogP contribution in [0.4, 0.5) is 26.3 Å². The predicted molar refractivity (Wildman–Crippen MR) is 281 cm³/mol. The van der Waals surface area contributed by atoms with Gasteiger partial charge in [0.25, 0.3) is 0 Å². The molecule has 0 atom stereocenters. The molecule has 0 aliphatic heterocycles. The molecule has 0 unspecified atom stereocenters. The van der Waals surface area contributed by atoms with Crippen molar-refractivity contribution in [3.8, 4) is 96.3 Å². The van der Waals surface area contributed by atoms with E-state index in [4.69, 9.17) is 29.9 Å². The molecule has 0 aliphatic carbocycles. The molecule has 12 aromatic rings. The Morgan fingerprint density at radius 1 is 0.267 bits per heavy atom. The highest BCUT2D eigenvalue weighted by Crippen LogP contribution is 2.49. The molecule has 0 radical (unpaired) electrons. The number of fused-ring (bicyclic) bond motifs is 3. The number of rotatable bonds is 9. The Kier molecular flexibility index (Phi) is 11.6. The van der Waals surface area contributed by atoms with E-state index in [9.17, 15) is 0 Å². The van der Waals surface area contributed by atoms with Crippen molar-refractivity contribution in [3.05, 3.63) is 236 Å². The normalized spacial score (nSPS) is 11.9. The van der Waals surface area contributed by atoms with E-state index in [2.05, 4.69) is 0 Å². The lowest BCUT2D eigenvalue weighted by Crippen LogP contribution is -2.11. The first-order chi connectivity index (χ1) is 36.5. The van der Waals surface area contributed by atoms with Crippen molar-refractivity contribution < 1.29 is 26.3 Å². The summed E-state index contributed by atoms with van der Waals surface area (Å²) in [6.07, 6.45) is -9.78. The van der Waals surface area contributed by atoms with Crippen LogP contribution in [0.2, 0.25) is 0 Å². The number of halogens is 6. The van der Waals surface area contributed by atoms with Crippen LogP contribution in [-0.4, -0.2) is 34.5 Å². The summed E-state index contributed by atoms with van der Waals surface area (Å²) in [4.78, 5) is 29.4. The van der Waals surface area contributed by atoms with E-state index in [0.29, 0.717) is 56.0 Å². The summed E-state index contributed by atoms with van der Waals surface area (Å²) < 4.78 is 95.0. The Labute approximate surface area is 425 Å². The van der Waals surface area contributed by atoms with Gasteiger partial charge in [0.2, 0.25) is 0 Å². The fraction of sp³-hybridized carbons (Fsp3) is 0.0323. The third-order valence-corrected chi connectivity index (χ3v) is 13.0. The fourth-order valence-corrected chi connectivity index (χ4v) is 9.57. The molecular weight excluding hydrogens is 957 g/mol. The zero-order valence-corrected chi connectivity index (χ0v) is 39.3. The van der Waals surface area contributed by atoms with Crippen molar-refractivity contribution in [2.75, 3.05) is 0 Å². The SMILES string of the molecule is FC(F)(F)c1ccccc1-c1cc(-c2nc(-c3ccccc3)nc(-c3ccccc3)n2)cc(-c2ccccc2C(F)(F)F)c1-n1c2ccccc2c2cc(-c3nc(-c4ccccc4)nc(-c4ccccc4)n3)ccc21. The molecule has 0 fully saturated rings. The lowest BCUT2D eigenvalue weighted by molar-refractivity contribution is -0.137. The van der Waals surface area contributed by atoms with Gasteiger partial charge >= 0.3 is 12.4 Å². The minimum Gasteiger partial charge on any atom is -0.308 e. The molecule has 9 aromatic carbocycles. The number of hydrogen-bond donors (Lipinski definition) is 0. The van der Waals surface area contributed by atoms with Gasteiger partial charge in [0.1, 0.15) is 0 Å². The molecule has 0 aliphatic rings. The van der Waals surface area contributed by atoms with Gasteiger partial charge in [-0.3, -0.25) is 0 Å². The van der Waals surface area contributed by atoms with Crippen LogP contribution >= 0.6 is 0 Å². The first-order valence-electron chi connectivity index (χ1n) is 23.8. The lowest BCUT2D eigenvalue weighted by atomic mass is 9.88. The number of alkyl halides is 6. The Bertz CT molecular complexity index is 3890. The summed E-state index contributed by atoms with van der Waals surface area (Å²) in [5, 5.41) is 1.30. The summed E-state index contributed by atoms with van der Waals surface area (Å²) in [7, 11) is 0. The highest BCUT2D eigenvalue weighted by Gasteiger charge is 2.37. The molecule has 0 saturated heterocycles. The number of nitrogens with zero attached hydrogens (tertiary/aromatic N) is 7. The monoisotopic (exact) mass is 993 g/mol. The number of benzene rings is 9. The minimum atomic E-state index is -4.89. The molecule has 0 amide bonds. The largest absolute Gasteiger partial charge is 0.417 e. The van der Waals surface area contributed by atoms with Crippen molar-refractivity contribution in [2.45, 2.75) is 12.4 Å². The van der Waals surface area contributed by atoms with E-state index in [1.54, 1.807) is 28.8 Å². The van der Waals surface area contributed by atoms with E-state index in [-0.39, 0.29) is 51.0 Å². The molecule has 0 N–H and O–H groups in total. The first-order valence-corrected chi connectivity index (χ1v) is 23.8. The van der Waals surface area contributed by atoms with Gasteiger partial charge in [-0.05, 0) is 59.7 Å². The molecule has 0 saturated carbocycles. The van der Waals surface area contributed by atoms with E-state index in [0.717, 1.165) is 23.3 Å². The van der Waals surface area contributed by atoms with Crippen LogP contribution in [0.25, 0.3) is 118 Å². The highest BCUT2D eigenvalue weighted by molar-refractivity contribution is 6.12. The fourth-order valence-electron chi connectivity index (χ4n) is 9.57. The molecule has 13 heteroatoms. The zero-order valence-electron chi connectivity index (χ0n) is 39.3. The van der Waals surface area contributed by atoms with Gasteiger partial charge < -0.3 is 4.57 Å². The molecule has 75 heavy (non-hydrogen) atoms. The smallest absolute Gasteiger partial charge is 0.308 e. The lowest BCUT2D eigenvalue weighted by Gasteiger charge is -2.24. The summed E-state index contributed by atoms with van der Waals surface area (Å²) in [5.41, 5.74) is 1.98. The van der Waals surface area contributed by atoms with Gasteiger partial charge in [-0.25, -0.2) is 29.9 Å². The van der Waals surface area contributed by atoms with E-state index >= 15 is 26.3 Å². The molecular formula is C62H37F6N7. The van der Waals surface area contributed by atoms with Crippen LogP contribution in [0.1, 0.15) is 11.1 Å². The molecule has 0 bridgehead atoms. The first kappa shape index (κ1) is 46.5. The van der Waals surface area contributed by atoms with Gasteiger partial charge in [0, 0.05) is 55.3 Å². The van der Waals surface area contributed by atoms with E-state index in [1.807, 2.05) is 140 Å². The molecule has 12 rings (SSSR count). The van der Waals surface area contributed by atoms with Crippen LogP contribution in [0, 0.1) is 0 Å². The van der Waals surface area contributed by atoms with Crippen LogP contribution in [0.3, 0.4) is 0 Å². The van der Waals surface area contributed by atoms with Crippen molar-refractivity contribution in [1.82, 2.24) is 34.5 Å².